The summed E-state index contributed by atoms with van der Waals surface area (Å²) in [5.41, 5.74) is 3.21. The number of pyridine rings is 2. The van der Waals surface area contributed by atoms with Crippen molar-refractivity contribution in [3.05, 3.63) is 48.3 Å². The molecule has 0 fully saturated rings. The topological polar surface area (TPSA) is 25.8 Å². The first-order chi connectivity index (χ1) is 8.34. The summed E-state index contributed by atoms with van der Waals surface area (Å²) >= 11 is 0. The lowest BCUT2D eigenvalue weighted by Crippen LogP contribution is -1.86. The minimum Gasteiger partial charge on any atom is -0.264 e. The average molecular weight is 224 g/mol. The van der Waals surface area contributed by atoms with Gasteiger partial charge < -0.3 is 0 Å². The molecule has 17 heavy (non-hydrogen) atoms. The third kappa shape index (κ3) is 2.11. The Bertz CT molecular complexity index is 645. The van der Waals surface area contributed by atoms with E-state index in [9.17, 15) is 0 Å². The summed E-state index contributed by atoms with van der Waals surface area (Å²) in [6, 6.07) is 10.3. The van der Waals surface area contributed by atoms with E-state index < -0.39 is 0 Å². The van der Waals surface area contributed by atoms with E-state index in [0.29, 0.717) is 0 Å². The van der Waals surface area contributed by atoms with Crippen LogP contribution < -0.4 is 0 Å². The van der Waals surface area contributed by atoms with Gasteiger partial charge in [-0.05, 0) is 24.6 Å². The third-order valence-electron chi connectivity index (χ3n) is 2.61. The van der Waals surface area contributed by atoms with Gasteiger partial charge in [-0.1, -0.05) is 32.0 Å². The Hall–Kier alpha value is -1.96. The van der Waals surface area contributed by atoms with Crippen molar-refractivity contribution in [3.63, 3.8) is 0 Å². The lowest BCUT2D eigenvalue weighted by molar-refractivity contribution is 1.29. The van der Waals surface area contributed by atoms with E-state index >= 15 is 0 Å². The molecule has 2 nitrogen and oxygen atoms in total. The van der Waals surface area contributed by atoms with Crippen LogP contribution in [-0.4, -0.2) is 9.97 Å². The van der Waals surface area contributed by atoms with Crippen LogP contribution in [0.25, 0.3) is 21.8 Å². The summed E-state index contributed by atoms with van der Waals surface area (Å²) in [7, 11) is 0. The van der Waals surface area contributed by atoms with Crippen molar-refractivity contribution >= 4 is 21.8 Å². The maximum absolute atomic E-state index is 4.64. The molecule has 1 aromatic carbocycles. The molecule has 0 aliphatic heterocycles. The summed E-state index contributed by atoms with van der Waals surface area (Å²) < 4.78 is 0. The third-order valence-corrected chi connectivity index (χ3v) is 2.61. The molecule has 0 bridgehead atoms. The average Bonchev–Trinajstić information content (AvgIpc) is 2.40. The van der Waals surface area contributed by atoms with Crippen LogP contribution >= 0.6 is 0 Å². The van der Waals surface area contributed by atoms with Gasteiger partial charge in [0.05, 0.1) is 11.0 Å². The van der Waals surface area contributed by atoms with Gasteiger partial charge in [0.15, 0.2) is 0 Å². The van der Waals surface area contributed by atoms with Crippen molar-refractivity contribution in [2.75, 3.05) is 0 Å². The zero-order valence-electron chi connectivity index (χ0n) is 10.4. The number of hydrogen-bond acceptors (Lipinski definition) is 2. The van der Waals surface area contributed by atoms with Gasteiger partial charge in [0, 0.05) is 23.2 Å². The molecule has 0 unspecified atom stereocenters. The minimum absolute atomic E-state index is 1.04. The Morgan fingerprint density at radius 3 is 2.53 bits per heavy atom. The fourth-order valence-electron chi connectivity index (χ4n) is 1.84. The molecule has 0 atom stereocenters. The summed E-state index contributed by atoms with van der Waals surface area (Å²) in [6.07, 6.45) is 3.71. The summed E-state index contributed by atoms with van der Waals surface area (Å²) in [5.74, 6) is 0. The van der Waals surface area contributed by atoms with Gasteiger partial charge in [0.2, 0.25) is 0 Å². The number of aromatic nitrogens is 2. The van der Waals surface area contributed by atoms with E-state index in [1.807, 2.05) is 51.4 Å². The highest BCUT2D eigenvalue weighted by molar-refractivity contribution is 5.93. The highest BCUT2D eigenvalue weighted by Gasteiger charge is 2.01. The normalized spacial score (nSPS) is 10.1. The first-order valence-corrected chi connectivity index (χ1v) is 5.95. The number of hydrogen-bond donors (Lipinski definition) is 0. The SMILES string of the molecule is CC.Cc1cncc2cc3ccccc3nc12. The second kappa shape index (κ2) is 4.91. The van der Waals surface area contributed by atoms with Crippen molar-refractivity contribution in [2.45, 2.75) is 20.8 Å². The molecule has 3 rings (SSSR count). The van der Waals surface area contributed by atoms with E-state index in [0.717, 1.165) is 27.4 Å². The Labute approximate surface area is 101 Å². The number of benzene rings is 1. The van der Waals surface area contributed by atoms with Crippen LogP contribution in [-0.2, 0) is 0 Å². The molecule has 0 aliphatic carbocycles. The van der Waals surface area contributed by atoms with Crippen LogP contribution in [0.15, 0.2) is 42.7 Å². The van der Waals surface area contributed by atoms with E-state index in [1.165, 1.54) is 0 Å². The van der Waals surface area contributed by atoms with E-state index in [1.54, 1.807) is 0 Å². The molecular formula is C15H16N2. The first kappa shape index (κ1) is 11.5. The van der Waals surface area contributed by atoms with Crippen LogP contribution in [0, 0.1) is 6.92 Å². The largest absolute Gasteiger partial charge is 0.264 e. The van der Waals surface area contributed by atoms with Crippen molar-refractivity contribution in [1.29, 1.82) is 0 Å². The van der Waals surface area contributed by atoms with E-state index in [4.69, 9.17) is 0 Å². The highest BCUT2D eigenvalue weighted by Crippen LogP contribution is 2.20. The fraction of sp³-hybridized carbons (Fsp3) is 0.200. The van der Waals surface area contributed by atoms with Gasteiger partial charge in [-0.3, -0.25) is 4.98 Å². The number of fused-ring (bicyclic) bond motifs is 2. The molecule has 2 aromatic heterocycles. The summed E-state index contributed by atoms with van der Waals surface area (Å²) in [4.78, 5) is 8.82. The predicted molar refractivity (Wildman–Crippen MR) is 73.1 cm³/mol. The molecule has 0 radical (unpaired) electrons. The van der Waals surface area contributed by atoms with E-state index in [-0.39, 0.29) is 0 Å². The second-order valence-corrected chi connectivity index (χ2v) is 3.71. The van der Waals surface area contributed by atoms with Gasteiger partial charge in [-0.25, -0.2) is 4.98 Å². The molecule has 2 heteroatoms. The zero-order valence-corrected chi connectivity index (χ0v) is 10.4. The molecule has 3 aromatic rings. The van der Waals surface area contributed by atoms with Crippen LogP contribution in [0.4, 0.5) is 0 Å². The quantitative estimate of drug-likeness (QED) is 0.537. The van der Waals surface area contributed by atoms with Gasteiger partial charge >= 0.3 is 0 Å². The van der Waals surface area contributed by atoms with Crippen molar-refractivity contribution < 1.29 is 0 Å². The number of aryl methyl sites for hydroxylation is 1. The lowest BCUT2D eigenvalue weighted by Gasteiger charge is -2.02. The van der Waals surface area contributed by atoms with Gasteiger partial charge in [0.25, 0.3) is 0 Å². The molecule has 0 aliphatic rings. The highest BCUT2D eigenvalue weighted by atomic mass is 14.7. The smallest absolute Gasteiger partial charge is 0.0769 e. The summed E-state index contributed by atoms with van der Waals surface area (Å²) in [5, 5.41) is 2.27. The monoisotopic (exact) mass is 224 g/mol. The second-order valence-electron chi connectivity index (χ2n) is 3.71. The molecule has 0 saturated carbocycles. The fourth-order valence-corrected chi connectivity index (χ4v) is 1.84. The molecular weight excluding hydrogens is 208 g/mol. The number of para-hydroxylation sites is 1. The number of nitrogens with zero attached hydrogens (tertiary/aromatic N) is 2. The minimum atomic E-state index is 1.04. The maximum atomic E-state index is 4.64. The standard InChI is InChI=1S/C13H10N2.C2H6/c1-9-7-14-8-11-6-10-4-2-3-5-12(10)15-13(9)11;1-2/h2-8H,1H3;1-2H3. The Kier molecular flexibility index (Phi) is 3.33. The Morgan fingerprint density at radius 1 is 0.941 bits per heavy atom. The molecule has 0 saturated heterocycles. The van der Waals surface area contributed by atoms with Crippen molar-refractivity contribution in [2.24, 2.45) is 0 Å². The molecule has 86 valence electrons. The van der Waals surface area contributed by atoms with Gasteiger partial charge in [0.1, 0.15) is 0 Å². The first-order valence-electron chi connectivity index (χ1n) is 5.95. The maximum Gasteiger partial charge on any atom is 0.0769 e. The van der Waals surface area contributed by atoms with Crippen LogP contribution in [0.1, 0.15) is 19.4 Å². The van der Waals surface area contributed by atoms with Crippen LogP contribution in [0.5, 0.6) is 0 Å². The molecule has 0 amide bonds. The van der Waals surface area contributed by atoms with Crippen LogP contribution in [0.3, 0.4) is 0 Å². The van der Waals surface area contributed by atoms with Crippen molar-refractivity contribution in [3.8, 4) is 0 Å². The van der Waals surface area contributed by atoms with Gasteiger partial charge in [-0.2, -0.15) is 0 Å². The summed E-state index contributed by atoms with van der Waals surface area (Å²) in [6.45, 7) is 6.04. The lowest BCUT2D eigenvalue weighted by atomic mass is 10.1. The molecule has 0 spiro atoms. The van der Waals surface area contributed by atoms with Gasteiger partial charge in [-0.15, -0.1) is 0 Å². The van der Waals surface area contributed by atoms with E-state index in [2.05, 4.69) is 22.1 Å². The number of rotatable bonds is 0. The molecule has 0 N–H and O–H groups in total. The Morgan fingerprint density at radius 2 is 1.71 bits per heavy atom. The zero-order chi connectivity index (χ0) is 12.3. The molecule has 2 heterocycles. The van der Waals surface area contributed by atoms with Crippen molar-refractivity contribution in [1.82, 2.24) is 9.97 Å². The predicted octanol–water partition coefficient (Wildman–Crippen LogP) is 4.12. The van der Waals surface area contributed by atoms with Crippen LogP contribution in [0.2, 0.25) is 0 Å². The Balaban J connectivity index is 0.000000514.